The van der Waals surface area contributed by atoms with E-state index in [1.807, 2.05) is 43.4 Å². The van der Waals surface area contributed by atoms with E-state index in [4.69, 9.17) is 19.4 Å². The van der Waals surface area contributed by atoms with Crippen molar-refractivity contribution in [3.8, 4) is 11.4 Å². The normalized spacial score (nSPS) is 17.2. The number of anilines is 1. The third-order valence-corrected chi connectivity index (χ3v) is 9.55. The van der Waals surface area contributed by atoms with E-state index >= 15 is 0 Å². The van der Waals surface area contributed by atoms with Gasteiger partial charge in [0.1, 0.15) is 5.82 Å². The second-order valence-corrected chi connectivity index (χ2v) is 12.5. The van der Waals surface area contributed by atoms with Crippen LogP contribution in [0.1, 0.15) is 28.5 Å². The predicted molar refractivity (Wildman–Crippen MR) is 154 cm³/mol. The van der Waals surface area contributed by atoms with Crippen LogP contribution >= 0.6 is 0 Å². The molecule has 0 spiro atoms. The van der Waals surface area contributed by atoms with E-state index in [0.29, 0.717) is 23.2 Å². The molecule has 0 unspecified atom stereocenters. The van der Waals surface area contributed by atoms with Crippen LogP contribution in [-0.4, -0.2) is 67.9 Å². The fourth-order valence-electron chi connectivity index (χ4n) is 4.96. The van der Waals surface area contributed by atoms with E-state index in [1.54, 1.807) is 18.3 Å². The SMILES string of the molecule is C[C@@H](C1COC1)N(C)c1cccc(-c2ccc3cnc(CNC(=O)c4ccc5c(c4)S(=O)(=O)CCOC5)cc3n2)n1. The second kappa shape index (κ2) is 11.2. The molecule has 212 valence electrons. The Hall–Kier alpha value is -3.93. The number of sulfone groups is 1. The third-order valence-electron chi connectivity index (χ3n) is 7.79. The first kappa shape index (κ1) is 27.3. The molecule has 0 saturated carbocycles. The molecule has 3 aromatic heterocycles. The molecule has 0 radical (unpaired) electrons. The van der Waals surface area contributed by atoms with Crippen LogP contribution in [0.4, 0.5) is 5.82 Å². The summed E-state index contributed by atoms with van der Waals surface area (Å²) in [7, 11) is -1.46. The van der Waals surface area contributed by atoms with Crippen LogP contribution in [0.5, 0.6) is 0 Å². The van der Waals surface area contributed by atoms with E-state index in [1.165, 1.54) is 6.07 Å². The van der Waals surface area contributed by atoms with Gasteiger partial charge in [-0.05, 0) is 55.0 Å². The number of hydrogen-bond acceptors (Lipinski definition) is 9. The number of nitrogens with zero attached hydrogens (tertiary/aromatic N) is 4. The van der Waals surface area contributed by atoms with Gasteiger partial charge in [0, 0.05) is 36.2 Å². The summed E-state index contributed by atoms with van der Waals surface area (Å²) in [5.74, 6) is 0.881. The smallest absolute Gasteiger partial charge is 0.251 e. The van der Waals surface area contributed by atoms with Crippen LogP contribution < -0.4 is 10.2 Å². The third kappa shape index (κ3) is 5.65. The molecule has 11 heteroatoms. The van der Waals surface area contributed by atoms with Crippen molar-refractivity contribution >= 4 is 32.5 Å². The van der Waals surface area contributed by atoms with Crippen LogP contribution in [-0.2, 0) is 32.5 Å². The molecular formula is C30H31N5O5S. The van der Waals surface area contributed by atoms with Crippen molar-refractivity contribution in [1.82, 2.24) is 20.3 Å². The van der Waals surface area contributed by atoms with Gasteiger partial charge in [0.05, 0.1) is 66.2 Å². The molecule has 1 N–H and O–H groups in total. The van der Waals surface area contributed by atoms with Gasteiger partial charge in [-0.15, -0.1) is 0 Å². The van der Waals surface area contributed by atoms with Crippen molar-refractivity contribution in [3.05, 3.63) is 77.6 Å². The van der Waals surface area contributed by atoms with Gasteiger partial charge in [-0.25, -0.2) is 18.4 Å². The fraction of sp³-hybridized carbons (Fsp3) is 0.333. The van der Waals surface area contributed by atoms with Gasteiger partial charge < -0.3 is 19.7 Å². The highest BCUT2D eigenvalue weighted by Gasteiger charge is 2.28. The highest BCUT2D eigenvalue weighted by Crippen LogP contribution is 2.26. The average molecular weight is 574 g/mol. The van der Waals surface area contributed by atoms with Crippen LogP contribution in [0.3, 0.4) is 0 Å². The van der Waals surface area contributed by atoms with E-state index < -0.39 is 9.84 Å². The first-order valence-electron chi connectivity index (χ1n) is 13.5. The molecule has 0 bridgehead atoms. The van der Waals surface area contributed by atoms with Crippen LogP contribution in [0.25, 0.3) is 22.3 Å². The molecular weight excluding hydrogens is 542 g/mol. The zero-order valence-electron chi connectivity index (χ0n) is 22.9. The minimum absolute atomic E-state index is 0.105. The Bertz CT molecular complexity index is 1720. The highest BCUT2D eigenvalue weighted by molar-refractivity contribution is 7.91. The lowest BCUT2D eigenvalue weighted by molar-refractivity contribution is -0.0415. The summed E-state index contributed by atoms with van der Waals surface area (Å²) in [5.41, 5.74) is 3.70. The minimum Gasteiger partial charge on any atom is -0.381 e. The van der Waals surface area contributed by atoms with Gasteiger partial charge in [-0.1, -0.05) is 12.1 Å². The number of pyridine rings is 3. The maximum atomic E-state index is 12.9. The van der Waals surface area contributed by atoms with Gasteiger partial charge in [-0.3, -0.25) is 9.78 Å². The molecule has 6 rings (SSSR count). The van der Waals surface area contributed by atoms with E-state index in [9.17, 15) is 13.2 Å². The second-order valence-electron chi connectivity index (χ2n) is 10.5. The molecule has 2 aliphatic rings. The van der Waals surface area contributed by atoms with Gasteiger partial charge in [-0.2, -0.15) is 0 Å². The van der Waals surface area contributed by atoms with Crippen molar-refractivity contribution in [2.45, 2.75) is 31.0 Å². The van der Waals surface area contributed by atoms with Gasteiger partial charge in [0.15, 0.2) is 9.84 Å². The summed E-state index contributed by atoms with van der Waals surface area (Å²) in [4.78, 5) is 29.4. The number of aromatic nitrogens is 3. The van der Waals surface area contributed by atoms with E-state index in [-0.39, 0.29) is 41.9 Å². The lowest BCUT2D eigenvalue weighted by Gasteiger charge is -2.37. The lowest BCUT2D eigenvalue weighted by Crippen LogP contribution is -2.45. The number of rotatable bonds is 7. The maximum Gasteiger partial charge on any atom is 0.251 e. The maximum absolute atomic E-state index is 12.9. The standard InChI is InChI=1S/C30H31N5O5S/c1-19(23-17-40-18-23)35(2)29-5-3-4-25(34-29)26-9-8-21-14-31-24(13-27(21)33-26)15-32-30(36)20-6-7-22-16-39-10-11-41(37,38)28(22)12-20/h3-9,12-14,19,23H,10-11,15-18H2,1-2H3,(H,32,36)/t19-/m0/s1. The number of carbonyl (C=O) groups excluding carboxylic acids is 1. The number of ether oxygens (including phenoxy) is 2. The molecule has 1 amide bonds. The molecule has 1 atom stereocenters. The fourth-order valence-corrected chi connectivity index (χ4v) is 6.35. The lowest BCUT2D eigenvalue weighted by atomic mass is 9.98. The summed E-state index contributed by atoms with van der Waals surface area (Å²) in [6, 6.07) is 16.6. The number of hydrogen-bond donors (Lipinski definition) is 1. The molecule has 10 nitrogen and oxygen atoms in total. The van der Waals surface area contributed by atoms with Crippen LogP contribution in [0.15, 0.2) is 65.7 Å². The number of amides is 1. The van der Waals surface area contributed by atoms with E-state index in [2.05, 4.69) is 22.1 Å². The molecule has 0 aliphatic carbocycles. The molecule has 5 heterocycles. The monoisotopic (exact) mass is 573 g/mol. The molecule has 4 aromatic rings. The average Bonchev–Trinajstić information content (AvgIpc) is 3.11. The summed E-state index contributed by atoms with van der Waals surface area (Å²) in [6.07, 6.45) is 1.72. The first-order valence-corrected chi connectivity index (χ1v) is 15.2. The Morgan fingerprint density at radius 1 is 1.07 bits per heavy atom. The van der Waals surface area contributed by atoms with Crippen molar-refractivity contribution in [3.63, 3.8) is 0 Å². The van der Waals surface area contributed by atoms with Crippen molar-refractivity contribution in [2.75, 3.05) is 37.5 Å². The quantitative estimate of drug-likeness (QED) is 0.354. The Morgan fingerprint density at radius 2 is 1.90 bits per heavy atom. The zero-order chi connectivity index (χ0) is 28.6. The van der Waals surface area contributed by atoms with Gasteiger partial charge in [0.2, 0.25) is 0 Å². The van der Waals surface area contributed by atoms with Crippen LogP contribution in [0, 0.1) is 5.92 Å². The molecule has 1 aromatic carbocycles. The van der Waals surface area contributed by atoms with Gasteiger partial charge in [0.25, 0.3) is 5.91 Å². The van der Waals surface area contributed by atoms with E-state index in [0.717, 1.165) is 41.3 Å². The number of fused-ring (bicyclic) bond motifs is 2. The highest BCUT2D eigenvalue weighted by atomic mass is 32.2. The Morgan fingerprint density at radius 3 is 2.71 bits per heavy atom. The predicted octanol–water partition coefficient (Wildman–Crippen LogP) is 3.40. The minimum atomic E-state index is -3.51. The largest absolute Gasteiger partial charge is 0.381 e. The Labute approximate surface area is 238 Å². The number of nitrogens with one attached hydrogen (secondary N) is 1. The van der Waals surface area contributed by atoms with Crippen molar-refractivity contribution < 1.29 is 22.7 Å². The molecule has 2 aliphatic heterocycles. The van der Waals surface area contributed by atoms with Crippen LogP contribution in [0.2, 0.25) is 0 Å². The first-order chi connectivity index (χ1) is 19.8. The summed E-state index contributed by atoms with van der Waals surface area (Å²) < 4.78 is 35.9. The molecule has 1 fully saturated rings. The summed E-state index contributed by atoms with van der Waals surface area (Å²) >= 11 is 0. The van der Waals surface area contributed by atoms with Crippen molar-refractivity contribution in [2.24, 2.45) is 5.92 Å². The topological polar surface area (TPSA) is 124 Å². The summed E-state index contributed by atoms with van der Waals surface area (Å²) in [6.45, 7) is 4.24. The Kier molecular flexibility index (Phi) is 7.41. The summed E-state index contributed by atoms with van der Waals surface area (Å²) in [5, 5.41) is 3.71. The zero-order valence-corrected chi connectivity index (χ0v) is 23.7. The van der Waals surface area contributed by atoms with Gasteiger partial charge >= 0.3 is 0 Å². The molecule has 1 saturated heterocycles. The van der Waals surface area contributed by atoms with Crippen molar-refractivity contribution in [1.29, 1.82) is 0 Å². The molecule has 41 heavy (non-hydrogen) atoms. The number of carbonyl (C=O) groups is 1. The Balaban J connectivity index is 1.18. The number of benzene rings is 1.